The first-order chi connectivity index (χ1) is 7.27. The Balaban J connectivity index is 2.27. The number of imidazole rings is 1. The highest BCUT2D eigenvalue weighted by Gasteiger charge is 2.01. The Labute approximate surface area is 87.7 Å². The summed E-state index contributed by atoms with van der Waals surface area (Å²) < 4.78 is 1.76. The number of aryl methyl sites for hydroxylation is 1. The van der Waals surface area contributed by atoms with E-state index in [2.05, 4.69) is 10.4 Å². The minimum absolute atomic E-state index is 0.166. The maximum atomic E-state index is 10.8. The number of aromatic nitrogens is 2. The van der Waals surface area contributed by atoms with Gasteiger partial charge in [0, 0.05) is 25.4 Å². The maximum absolute atomic E-state index is 10.8. The molecular weight excluding hydrogens is 194 g/mol. The van der Waals surface area contributed by atoms with E-state index in [1.165, 1.54) is 0 Å². The second-order valence-electron chi connectivity index (χ2n) is 3.08. The van der Waals surface area contributed by atoms with Gasteiger partial charge in [-0.2, -0.15) is 5.26 Å². The molecule has 0 radical (unpaired) electrons. The number of hydrazine groups is 1. The number of hydrogen-bond donors (Lipinski definition) is 2. The van der Waals surface area contributed by atoms with Crippen LogP contribution in [0.4, 0.5) is 0 Å². The van der Waals surface area contributed by atoms with E-state index in [-0.39, 0.29) is 5.91 Å². The van der Waals surface area contributed by atoms with E-state index in [0.717, 1.165) is 12.8 Å². The van der Waals surface area contributed by atoms with E-state index in [1.807, 2.05) is 6.07 Å². The summed E-state index contributed by atoms with van der Waals surface area (Å²) in [6, 6.07) is 1.99. The average molecular weight is 207 g/mol. The van der Waals surface area contributed by atoms with Crippen LogP contribution in [0.1, 0.15) is 25.1 Å². The Morgan fingerprint density at radius 3 is 3.13 bits per heavy atom. The number of unbranched alkanes of at least 4 members (excludes halogenated alkanes) is 1. The van der Waals surface area contributed by atoms with Crippen LogP contribution >= 0.6 is 0 Å². The summed E-state index contributed by atoms with van der Waals surface area (Å²) in [4.78, 5) is 14.7. The second-order valence-corrected chi connectivity index (χ2v) is 3.08. The highest BCUT2D eigenvalue weighted by Crippen LogP contribution is 2.02. The third-order valence-electron chi connectivity index (χ3n) is 2.03. The van der Waals surface area contributed by atoms with Gasteiger partial charge in [0.2, 0.25) is 11.7 Å². The van der Waals surface area contributed by atoms with E-state index >= 15 is 0 Å². The number of hydrogen-bond acceptors (Lipinski definition) is 4. The lowest BCUT2D eigenvalue weighted by Gasteiger charge is -2.02. The molecule has 3 N–H and O–H groups in total. The lowest BCUT2D eigenvalue weighted by Crippen LogP contribution is -2.29. The number of amides is 1. The lowest BCUT2D eigenvalue weighted by molar-refractivity contribution is -0.121. The van der Waals surface area contributed by atoms with Crippen molar-refractivity contribution in [3.8, 4) is 6.07 Å². The van der Waals surface area contributed by atoms with Gasteiger partial charge in [0.05, 0.1) is 0 Å². The molecule has 0 aliphatic carbocycles. The maximum Gasteiger partial charge on any atom is 0.233 e. The molecule has 0 fully saturated rings. The van der Waals surface area contributed by atoms with Crippen molar-refractivity contribution in [3.63, 3.8) is 0 Å². The molecular formula is C9H13N5O. The van der Waals surface area contributed by atoms with Gasteiger partial charge in [-0.1, -0.05) is 0 Å². The Morgan fingerprint density at radius 1 is 1.67 bits per heavy atom. The molecule has 1 heterocycles. The van der Waals surface area contributed by atoms with Crippen LogP contribution in [0.3, 0.4) is 0 Å². The number of carbonyl (C=O) groups is 1. The smallest absolute Gasteiger partial charge is 0.233 e. The summed E-state index contributed by atoms with van der Waals surface area (Å²) in [6.45, 7) is 0.695. The molecule has 0 aliphatic rings. The van der Waals surface area contributed by atoms with Gasteiger partial charge in [-0.3, -0.25) is 10.2 Å². The van der Waals surface area contributed by atoms with E-state index in [4.69, 9.17) is 11.1 Å². The number of nitriles is 1. The largest absolute Gasteiger partial charge is 0.323 e. The first-order valence-corrected chi connectivity index (χ1v) is 4.68. The number of nitrogens with two attached hydrogens (primary N) is 1. The minimum atomic E-state index is -0.166. The molecule has 0 atom stereocenters. The van der Waals surface area contributed by atoms with Crippen molar-refractivity contribution in [3.05, 3.63) is 18.2 Å². The van der Waals surface area contributed by atoms with Crippen LogP contribution in [0.25, 0.3) is 0 Å². The predicted molar refractivity (Wildman–Crippen MR) is 53.1 cm³/mol. The van der Waals surface area contributed by atoms with Crippen molar-refractivity contribution in [1.82, 2.24) is 15.0 Å². The Hall–Kier alpha value is -1.87. The van der Waals surface area contributed by atoms with Crippen molar-refractivity contribution < 1.29 is 4.79 Å². The van der Waals surface area contributed by atoms with Gasteiger partial charge >= 0.3 is 0 Å². The molecule has 1 rings (SSSR count). The predicted octanol–water partition coefficient (Wildman–Crippen LogP) is -0.0850. The van der Waals surface area contributed by atoms with Crippen molar-refractivity contribution in [2.45, 2.75) is 25.8 Å². The molecule has 0 unspecified atom stereocenters. The second kappa shape index (κ2) is 5.78. The molecule has 0 saturated carbocycles. The summed E-state index contributed by atoms with van der Waals surface area (Å²) in [7, 11) is 0. The van der Waals surface area contributed by atoms with Crippen molar-refractivity contribution in [1.29, 1.82) is 5.26 Å². The molecule has 6 nitrogen and oxygen atoms in total. The zero-order chi connectivity index (χ0) is 11.1. The molecule has 15 heavy (non-hydrogen) atoms. The SMILES string of the molecule is N#Cc1nccn1CCCCC(=O)NN. The third kappa shape index (κ3) is 3.40. The van der Waals surface area contributed by atoms with Crippen LogP contribution in [0.15, 0.2) is 12.4 Å². The lowest BCUT2D eigenvalue weighted by atomic mass is 10.2. The Bertz CT molecular complexity index is 365. The van der Waals surface area contributed by atoms with E-state index < -0.39 is 0 Å². The molecule has 1 amide bonds. The van der Waals surface area contributed by atoms with Gasteiger partial charge in [0.15, 0.2) is 0 Å². The third-order valence-corrected chi connectivity index (χ3v) is 2.03. The summed E-state index contributed by atoms with van der Waals surface area (Å²) in [6.07, 6.45) is 5.31. The van der Waals surface area contributed by atoms with Gasteiger partial charge in [-0.05, 0) is 12.8 Å². The van der Waals surface area contributed by atoms with Crippen LogP contribution in [0, 0.1) is 11.3 Å². The van der Waals surface area contributed by atoms with E-state index in [0.29, 0.717) is 18.8 Å². The first kappa shape index (κ1) is 11.2. The zero-order valence-corrected chi connectivity index (χ0v) is 8.31. The molecule has 0 bridgehead atoms. The van der Waals surface area contributed by atoms with Crippen LogP contribution in [-0.2, 0) is 11.3 Å². The van der Waals surface area contributed by atoms with Crippen LogP contribution in [0.2, 0.25) is 0 Å². The van der Waals surface area contributed by atoms with E-state index in [1.54, 1.807) is 17.0 Å². The molecule has 1 aromatic rings. The quantitative estimate of drug-likeness (QED) is 0.305. The number of nitrogens with one attached hydrogen (secondary N) is 1. The molecule has 80 valence electrons. The van der Waals surface area contributed by atoms with Gasteiger partial charge in [0.1, 0.15) is 6.07 Å². The topological polar surface area (TPSA) is 96.7 Å². The summed E-state index contributed by atoms with van der Waals surface area (Å²) in [5.41, 5.74) is 2.07. The number of carbonyl (C=O) groups excluding carboxylic acids is 1. The van der Waals surface area contributed by atoms with Gasteiger partial charge in [-0.25, -0.2) is 10.8 Å². The standard InChI is InChI=1S/C9H13N5O/c10-7-8-12-4-6-14(8)5-2-1-3-9(15)13-11/h4,6H,1-3,5,11H2,(H,13,15). The Kier molecular flexibility index (Phi) is 4.31. The molecule has 1 aromatic heterocycles. The Morgan fingerprint density at radius 2 is 2.47 bits per heavy atom. The highest BCUT2D eigenvalue weighted by atomic mass is 16.2. The fraction of sp³-hybridized carbons (Fsp3) is 0.444. The van der Waals surface area contributed by atoms with Gasteiger partial charge < -0.3 is 4.57 Å². The van der Waals surface area contributed by atoms with Crippen molar-refractivity contribution in [2.75, 3.05) is 0 Å². The van der Waals surface area contributed by atoms with Gasteiger partial charge in [-0.15, -0.1) is 0 Å². The number of rotatable bonds is 5. The summed E-state index contributed by atoms with van der Waals surface area (Å²) in [5, 5.41) is 8.68. The highest BCUT2D eigenvalue weighted by molar-refractivity contribution is 5.74. The first-order valence-electron chi connectivity index (χ1n) is 4.68. The average Bonchev–Trinajstić information content (AvgIpc) is 2.71. The van der Waals surface area contributed by atoms with Crippen LogP contribution < -0.4 is 11.3 Å². The van der Waals surface area contributed by atoms with Crippen LogP contribution in [-0.4, -0.2) is 15.5 Å². The normalized spacial score (nSPS) is 9.60. The minimum Gasteiger partial charge on any atom is -0.323 e. The molecule has 0 spiro atoms. The molecule has 6 heteroatoms. The fourth-order valence-electron chi connectivity index (χ4n) is 1.24. The number of nitrogens with zero attached hydrogens (tertiary/aromatic N) is 3. The van der Waals surface area contributed by atoms with Crippen molar-refractivity contribution >= 4 is 5.91 Å². The molecule has 0 aromatic carbocycles. The van der Waals surface area contributed by atoms with Crippen molar-refractivity contribution in [2.24, 2.45) is 5.84 Å². The van der Waals surface area contributed by atoms with E-state index in [9.17, 15) is 4.79 Å². The summed E-state index contributed by atoms with van der Waals surface area (Å²) in [5.74, 6) is 5.17. The monoisotopic (exact) mass is 207 g/mol. The zero-order valence-electron chi connectivity index (χ0n) is 8.31. The van der Waals surface area contributed by atoms with Gasteiger partial charge in [0.25, 0.3) is 0 Å². The molecule has 0 aliphatic heterocycles. The van der Waals surface area contributed by atoms with Crippen LogP contribution in [0.5, 0.6) is 0 Å². The molecule has 0 saturated heterocycles. The fourth-order valence-corrected chi connectivity index (χ4v) is 1.24. The summed E-state index contributed by atoms with van der Waals surface area (Å²) >= 11 is 0.